The number of guanidine groups is 1. The van der Waals surface area contributed by atoms with E-state index in [1.54, 1.807) is 20.4 Å². The van der Waals surface area contributed by atoms with Gasteiger partial charge in [-0.1, -0.05) is 20.8 Å². The summed E-state index contributed by atoms with van der Waals surface area (Å²) in [6.07, 6.45) is 4.90. The van der Waals surface area contributed by atoms with Crippen LogP contribution in [-0.2, 0) is 11.3 Å². The molecule has 1 atom stereocenters. The Morgan fingerprint density at radius 1 is 1.36 bits per heavy atom. The van der Waals surface area contributed by atoms with Crippen molar-refractivity contribution in [3.8, 4) is 0 Å². The van der Waals surface area contributed by atoms with Crippen LogP contribution in [0.5, 0.6) is 0 Å². The minimum atomic E-state index is 0. The quantitative estimate of drug-likeness (QED) is 0.305. The molecule has 2 N–H and O–H groups in total. The molecule has 6 nitrogen and oxygen atoms in total. The molecule has 22 heavy (non-hydrogen) atoms. The minimum absolute atomic E-state index is 0. The average molecular weight is 423 g/mol. The summed E-state index contributed by atoms with van der Waals surface area (Å²) in [7, 11) is 3.53. The van der Waals surface area contributed by atoms with Gasteiger partial charge < -0.3 is 15.4 Å². The largest absolute Gasteiger partial charge is 0.379 e. The van der Waals surface area contributed by atoms with Crippen molar-refractivity contribution in [2.24, 2.45) is 10.4 Å². The maximum Gasteiger partial charge on any atom is 0.191 e. The zero-order valence-corrected chi connectivity index (χ0v) is 16.6. The Balaban J connectivity index is 0.00000441. The molecule has 0 saturated heterocycles. The normalized spacial score (nSPS) is 13.4. The van der Waals surface area contributed by atoms with E-state index in [2.05, 4.69) is 41.5 Å². The maximum absolute atomic E-state index is 5.53. The predicted molar refractivity (Wildman–Crippen MR) is 102 cm³/mol. The van der Waals surface area contributed by atoms with Crippen molar-refractivity contribution in [1.29, 1.82) is 0 Å². The van der Waals surface area contributed by atoms with Gasteiger partial charge in [0.15, 0.2) is 5.96 Å². The van der Waals surface area contributed by atoms with Crippen molar-refractivity contribution in [3.05, 3.63) is 18.5 Å². The lowest BCUT2D eigenvalue weighted by atomic mass is 9.89. The lowest BCUT2D eigenvalue weighted by Crippen LogP contribution is -2.45. The van der Waals surface area contributed by atoms with E-state index in [-0.39, 0.29) is 35.5 Å². The first kappa shape index (κ1) is 21.2. The Morgan fingerprint density at radius 2 is 2.09 bits per heavy atom. The summed E-state index contributed by atoms with van der Waals surface area (Å²) in [5.74, 6) is 0.807. The highest BCUT2D eigenvalue weighted by Crippen LogP contribution is 2.20. The number of aryl methyl sites for hydroxylation is 1. The third-order valence-electron chi connectivity index (χ3n) is 3.34. The first-order chi connectivity index (χ1) is 9.97. The molecular weight excluding hydrogens is 393 g/mol. The molecule has 0 spiro atoms. The molecule has 1 aromatic rings. The van der Waals surface area contributed by atoms with E-state index < -0.39 is 0 Å². The van der Waals surface area contributed by atoms with E-state index in [1.165, 1.54) is 0 Å². The van der Waals surface area contributed by atoms with Crippen molar-refractivity contribution in [3.63, 3.8) is 0 Å². The van der Waals surface area contributed by atoms with Crippen LogP contribution >= 0.6 is 24.0 Å². The molecule has 128 valence electrons. The monoisotopic (exact) mass is 423 g/mol. The van der Waals surface area contributed by atoms with Crippen LogP contribution in [0.25, 0.3) is 0 Å². The molecule has 0 aliphatic rings. The van der Waals surface area contributed by atoms with Crippen LogP contribution in [0, 0.1) is 5.41 Å². The number of ether oxygens (including phenoxy) is 1. The molecule has 1 rings (SSSR count). The molecule has 0 amide bonds. The minimum Gasteiger partial charge on any atom is -0.379 e. The van der Waals surface area contributed by atoms with Crippen molar-refractivity contribution in [2.75, 3.05) is 27.2 Å². The van der Waals surface area contributed by atoms with Crippen LogP contribution in [0.3, 0.4) is 0 Å². The van der Waals surface area contributed by atoms with E-state index in [4.69, 9.17) is 4.74 Å². The number of nitrogens with one attached hydrogen (secondary N) is 2. The molecule has 1 unspecified atom stereocenters. The number of hydrogen-bond acceptors (Lipinski definition) is 3. The molecule has 0 aliphatic carbocycles. The van der Waals surface area contributed by atoms with E-state index in [1.807, 2.05) is 16.9 Å². The molecule has 0 bridgehead atoms. The fraction of sp³-hybridized carbons (Fsp3) is 0.733. The lowest BCUT2D eigenvalue weighted by molar-refractivity contribution is 0.0205. The van der Waals surface area contributed by atoms with E-state index in [0.717, 1.165) is 32.0 Å². The number of halogens is 1. The van der Waals surface area contributed by atoms with Gasteiger partial charge in [0.1, 0.15) is 0 Å². The van der Waals surface area contributed by atoms with Gasteiger partial charge in [-0.15, -0.1) is 24.0 Å². The summed E-state index contributed by atoms with van der Waals surface area (Å²) >= 11 is 0. The zero-order chi connectivity index (χ0) is 15.7. The van der Waals surface area contributed by atoms with Crippen LogP contribution in [0.2, 0.25) is 0 Å². The van der Waals surface area contributed by atoms with Gasteiger partial charge in [-0.25, -0.2) is 0 Å². The van der Waals surface area contributed by atoms with Crippen LogP contribution in [0.4, 0.5) is 0 Å². The Bertz CT molecular complexity index is 414. The number of rotatable bonds is 7. The second-order valence-corrected chi connectivity index (χ2v) is 6.09. The highest BCUT2D eigenvalue weighted by atomic mass is 127. The molecule has 1 aromatic heterocycles. The van der Waals surface area contributed by atoms with Gasteiger partial charge >= 0.3 is 0 Å². The number of hydrogen-bond donors (Lipinski definition) is 2. The SMILES string of the molecule is CN=C(NCCCn1cccn1)NCC(OC)C(C)(C)C.I. The topological polar surface area (TPSA) is 63.5 Å². The molecule has 0 radical (unpaired) electrons. The van der Waals surface area contributed by atoms with Gasteiger partial charge in [0.25, 0.3) is 0 Å². The maximum atomic E-state index is 5.53. The Morgan fingerprint density at radius 3 is 2.59 bits per heavy atom. The number of methoxy groups -OCH3 is 1. The summed E-state index contributed by atoms with van der Waals surface area (Å²) < 4.78 is 7.46. The van der Waals surface area contributed by atoms with Crippen LogP contribution in [-0.4, -0.2) is 49.1 Å². The highest BCUT2D eigenvalue weighted by Gasteiger charge is 2.24. The third kappa shape index (κ3) is 7.98. The molecule has 7 heteroatoms. The molecule has 0 aliphatic heterocycles. The van der Waals surface area contributed by atoms with Gasteiger partial charge in [0, 0.05) is 46.2 Å². The van der Waals surface area contributed by atoms with Crippen molar-refractivity contribution < 1.29 is 4.74 Å². The Kier molecular flexibility index (Phi) is 10.4. The molecule has 1 heterocycles. The van der Waals surface area contributed by atoms with Crippen molar-refractivity contribution in [1.82, 2.24) is 20.4 Å². The van der Waals surface area contributed by atoms with Crippen molar-refractivity contribution in [2.45, 2.75) is 39.8 Å². The highest BCUT2D eigenvalue weighted by molar-refractivity contribution is 14.0. The molecule has 0 aromatic carbocycles. The standard InChI is InChI=1S/C15H29N5O.HI/c1-15(2,3)13(21-5)12-18-14(16-4)17-8-6-10-20-11-7-9-19-20;/h7,9,11,13H,6,8,10,12H2,1-5H3,(H2,16,17,18);1H. The van der Waals surface area contributed by atoms with E-state index in [9.17, 15) is 0 Å². The molecule has 0 fully saturated rings. The number of aliphatic imine (C=N–C) groups is 1. The predicted octanol–water partition coefficient (Wildman–Crippen LogP) is 2.12. The third-order valence-corrected chi connectivity index (χ3v) is 3.34. The number of aromatic nitrogens is 2. The summed E-state index contributed by atoms with van der Waals surface area (Å²) in [6.45, 7) is 9.00. The van der Waals surface area contributed by atoms with Crippen LogP contribution in [0.1, 0.15) is 27.2 Å². The van der Waals surface area contributed by atoms with Gasteiger partial charge in [0.05, 0.1) is 6.10 Å². The van der Waals surface area contributed by atoms with E-state index in [0.29, 0.717) is 0 Å². The second kappa shape index (κ2) is 10.8. The zero-order valence-electron chi connectivity index (χ0n) is 14.3. The smallest absolute Gasteiger partial charge is 0.191 e. The van der Waals surface area contributed by atoms with Crippen LogP contribution < -0.4 is 10.6 Å². The summed E-state index contributed by atoms with van der Waals surface area (Å²) in [5, 5.41) is 10.8. The Labute approximate surface area is 151 Å². The lowest BCUT2D eigenvalue weighted by Gasteiger charge is -2.30. The van der Waals surface area contributed by atoms with Gasteiger partial charge in [0.2, 0.25) is 0 Å². The van der Waals surface area contributed by atoms with Crippen molar-refractivity contribution >= 4 is 29.9 Å². The van der Waals surface area contributed by atoms with Gasteiger partial charge in [-0.3, -0.25) is 9.67 Å². The molecular formula is C15H30IN5O. The fourth-order valence-corrected chi connectivity index (χ4v) is 2.03. The summed E-state index contributed by atoms with van der Waals surface area (Å²) in [6, 6.07) is 1.94. The second-order valence-electron chi connectivity index (χ2n) is 6.09. The van der Waals surface area contributed by atoms with Gasteiger partial charge in [-0.05, 0) is 17.9 Å². The number of nitrogens with zero attached hydrogens (tertiary/aromatic N) is 3. The summed E-state index contributed by atoms with van der Waals surface area (Å²) in [5.41, 5.74) is 0.0979. The van der Waals surface area contributed by atoms with Crippen LogP contribution in [0.15, 0.2) is 23.5 Å². The summed E-state index contributed by atoms with van der Waals surface area (Å²) in [4.78, 5) is 4.23. The first-order valence-corrected chi connectivity index (χ1v) is 7.42. The van der Waals surface area contributed by atoms with Gasteiger partial charge in [-0.2, -0.15) is 5.10 Å². The van der Waals surface area contributed by atoms with E-state index >= 15 is 0 Å². The fourth-order valence-electron chi connectivity index (χ4n) is 2.03. The Hall–Kier alpha value is -0.830. The first-order valence-electron chi connectivity index (χ1n) is 7.42. The molecule has 0 saturated carbocycles. The average Bonchev–Trinajstić information content (AvgIpc) is 2.93.